The summed E-state index contributed by atoms with van der Waals surface area (Å²) in [6, 6.07) is 5.12. The molecule has 0 radical (unpaired) electrons. The molecule has 0 saturated carbocycles. The quantitative estimate of drug-likeness (QED) is 0.742. The topological polar surface area (TPSA) is 95.5 Å². The molecule has 0 aliphatic heterocycles. The van der Waals surface area contributed by atoms with Crippen LogP contribution in [0.4, 0.5) is 11.4 Å². The van der Waals surface area contributed by atoms with Crippen LogP contribution in [0.25, 0.3) is 0 Å². The second-order valence-corrected chi connectivity index (χ2v) is 5.13. The zero-order valence-electron chi connectivity index (χ0n) is 11.2. The van der Waals surface area contributed by atoms with Gasteiger partial charge >= 0.3 is 5.97 Å². The van der Waals surface area contributed by atoms with Gasteiger partial charge < -0.3 is 15.7 Å². The number of rotatable bonds is 6. The van der Waals surface area contributed by atoms with Gasteiger partial charge in [-0.05, 0) is 30.7 Å². The monoisotopic (exact) mass is 296 g/mol. The number of carboxylic acids is 1. The van der Waals surface area contributed by atoms with Gasteiger partial charge in [-0.3, -0.25) is 14.4 Å². The Labute approximate surface area is 120 Å². The van der Waals surface area contributed by atoms with Crippen molar-refractivity contribution in [2.75, 3.05) is 22.1 Å². The fourth-order valence-corrected chi connectivity index (χ4v) is 2.03. The van der Waals surface area contributed by atoms with Crippen LogP contribution in [0.2, 0.25) is 0 Å². The zero-order valence-corrected chi connectivity index (χ0v) is 12.0. The number of aliphatic carboxylic acids is 1. The van der Waals surface area contributed by atoms with E-state index in [4.69, 9.17) is 5.11 Å². The van der Waals surface area contributed by atoms with Crippen LogP contribution in [-0.4, -0.2) is 34.4 Å². The van der Waals surface area contributed by atoms with Crippen molar-refractivity contribution in [3.63, 3.8) is 0 Å². The summed E-state index contributed by atoms with van der Waals surface area (Å²) < 4.78 is 0. The molecule has 7 heteroatoms. The van der Waals surface area contributed by atoms with Gasteiger partial charge in [-0.25, -0.2) is 0 Å². The minimum atomic E-state index is -0.946. The highest BCUT2D eigenvalue weighted by Crippen LogP contribution is 2.19. The number of anilines is 2. The molecule has 0 heterocycles. The Balaban J connectivity index is 2.56. The lowest BCUT2D eigenvalue weighted by molar-refractivity contribution is -0.133. The average Bonchev–Trinajstić information content (AvgIpc) is 2.31. The Bertz CT molecular complexity index is 531. The highest BCUT2D eigenvalue weighted by Gasteiger charge is 2.06. The third-order valence-corrected chi connectivity index (χ3v) is 3.20. The molecule has 2 amide bonds. The number of thioether (sulfide) groups is 1. The molecule has 108 valence electrons. The number of carboxylic acid groups (broad SMARTS) is 1. The number of nitrogens with one attached hydrogen (secondary N) is 2. The normalized spacial score (nSPS) is 9.90. The van der Waals surface area contributed by atoms with E-state index in [-0.39, 0.29) is 23.3 Å². The lowest BCUT2D eigenvalue weighted by Gasteiger charge is -2.10. The number of carbonyl (C=O) groups is 3. The largest absolute Gasteiger partial charge is 0.481 e. The number of hydrogen-bond donors (Lipinski definition) is 3. The number of aryl methyl sites for hydroxylation is 1. The van der Waals surface area contributed by atoms with Crippen molar-refractivity contribution in [3.05, 3.63) is 23.8 Å². The van der Waals surface area contributed by atoms with Crippen LogP contribution in [0.1, 0.15) is 12.5 Å². The van der Waals surface area contributed by atoms with Crippen molar-refractivity contribution in [3.8, 4) is 0 Å². The lowest BCUT2D eigenvalue weighted by atomic mass is 10.1. The van der Waals surface area contributed by atoms with Crippen molar-refractivity contribution in [2.24, 2.45) is 0 Å². The first kappa shape index (κ1) is 16.0. The number of benzene rings is 1. The summed E-state index contributed by atoms with van der Waals surface area (Å²) in [4.78, 5) is 32.9. The van der Waals surface area contributed by atoms with E-state index < -0.39 is 5.97 Å². The maximum atomic E-state index is 11.6. The molecule has 1 aromatic carbocycles. The molecule has 3 N–H and O–H groups in total. The van der Waals surface area contributed by atoms with Crippen molar-refractivity contribution < 1.29 is 19.5 Å². The first-order chi connectivity index (χ1) is 9.38. The number of hydrogen-bond acceptors (Lipinski definition) is 4. The fraction of sp³-hybridized carbons (Fsp3) is 0.308. The molecule has 20 heavy (non-hydrogen) atoms. The second-order valence-electron chi connectivity index (χ2n) is 4.15. The van der Waals surface area contributed by atoms with Crippen LogP contribution in [-0.2, 0) is 14.4 Å². The molecular weight excluding hydrogens is 280 g/mol. The molecule has 0 fully saturated rings. The van der Waals surface area contributed by atoms with E-state index in [0.717, 1.165) is 17.3 Å². The second kappa shape index (κ2) is 7.54. The van der Waals surface area contributed by atoms with Gasteiger partial charge in [-0.1, -0.05) is 0 Å². The maximum Gasteiger partial charge on any atom is 0.313 e. The van der Waals surface area contributed by atoms with Crippen LogP contribution in [0, 0.1) is 6.92 Å². The molecule has 0 saturated heterocycles. The molecule has 1 rings (SSSR count). The fourth-order valence-electron chi connectivity index (χ4n) is 1.50. The van der Waals surface area contributed by atoms with Crippen LogP contribution in [0.5, 0.6) is 0 Å². The molecule has 0 atom stereocenters. The average molecular weight is 296 g/mol. The summed E-state index contributed by atoms with van der Waals surface area (Å²) in [7, 11) is 0. The van der Waals surface area contributed by atoms with Crippen molar-refractivity contribution in [1.82, 2.24) is 0 Å². The Morgan fingerprint density at radius 3 is 2.45 bits per heavy atom. The third kappa shape index (κ3) is 5.75. The van der Waals surface area contributed by atoms with Crippen LogP contribution in [0.15, 0.2) is 18.2 Å². The summed E-state index contributed by atoms with van der Waals surface area (Å²) in [6.45, 7) is 3.24. The van der Waals surface area contributed by atoms with E-state index in [9.17, 15) is 14.4 Å². The third-order valence-electron chi connectivity index (χ3n) is 2.28. The predicted octanol–water partition coefficient (Wildman–Crippen LogP) is 1.71. The van der Waals surface area contributed by atoms with E-state index in [1.165, 1.54) is 6.92 Å². The molecule has 0 aromatic heterocycles. The smallest absolute Gasteiger partial charge is 0.313 e. The van der Waals surface area contributed by atoms with Gasteiger partial charge in [0.2, 0.25) is 11.8 Å². The molecule has 0 spiro atoms. The molecular formula is C13H16N2O4S. The van der Waals surface area contributed by atoms with Crippen molar-refractivity contribution in [2.45, 2.75) is 13.8 Å². The summed E-state index contributed by atoms with van der Waals surface area (Å²) in [5.74, 6) is -1.39. The van der Waals surface area contributed by atoms with Crippen molar-refractivity contribution in [1.29, 1.82) is 0 Å². The predicted molar refractivity (Wildman–Crippen MR) is 79.1 cm³/mol. The molecule has 6 nitrogen and oxygen atoms in total. The van der Waals surface area contributed by atoms with E-state index in [1.54, 1.807) is 18.2 Å². The van der Waals surface area contributed by atoms with Gasteiger partial charge in [0.05, 0.1) is 11.5 Å². The minimum absolute atomic E-state index is 0.0821. The SMILES string of the molecule is CC(=O)Nc1ccc(NC(=O)CSCC(=O)O)cc1C. The number of carbonyl (C=O) groups excluding carboxylic acids is 2. The van der Waals surface area contributed by atoms with Gasteiger partial charge in [0.1, 0.15) is 0 Å². The maximum absolute atomic E-state index is 11.6. The van der Waals surface area contributed by atoms with Crippen LogP contribution >= 0.6 is 11.8 Å². The zero-order chi connectivity index (χ0) is 15.1. The molecule has 1 aromatic rings. The minimum Gasteiger partial charge on any atom is -0.481 e. The Morgan fingerprint density at radius 2 is 1.90 bits per heavy atom. The van der Waals surface area contributed by atoms with E-state index in [2.05, 4.69) is 10.6 Å². The molecule has 0 aliphatic rings. The van der Waals surface area contributed by atoms with Gasteiger partial charge in [0, 0.05) is 18.3 Å². The van der Waals surface area contributed by atoms with Gasteiger partial charge in [0.25, 0.3) is 0 Å². The molecule has 0 bridgehead atoms. The van der Waals surface area contributed by atoms with E-state index >= 15 is 0 Å². The summed E-state index contributed by atoms with van der Waals surface area (Å²) >= 11 is 1.04. The molecule has 0 unspecified atom stereocenters. The summed E-state index contributed by atoms with van der Waals surface area (Å²) in [5.41, 5.74) is 2.13. The first-order valence-corrected chi connectivity index (χ1v) is 7.01. The lowest BCUT2D eigenvalue weighted by Crippen LogP contribution is -2.15. The van der Waals surface area contributed by atoms with Gasteiger partial charge in [-0.15, -0.1) is 11.8 Å². The summed E-state index contributed by atoms with van der Waals surface area (Å²) in [6.07, 6.45) is 0. The first-order valence-electron chi connectivity index (χ1n) is 5.86. The Hall–Kier alpha value is -2.02. The van der Waals surface area contributed by atoms with Crippen LogP contribution < -0.4 is 10.6 Å². The van der Waals surface area contributed by atoms with Crippen molar-refractivity contribution >= 4 is 40.9 Å². The van der Waals surface area contributed by atoms with Gasteiger partial charge in [0.15, 0.2) is 0 Å². The Morgan fingerprint density at radius 1 is 1.20 bits per heavy atom. The van der Waals surface area contributed by atoms with Gasteiger partial charge in [-0.2, -0.15) is 0 Å². The number of amides is 2. The van der Waals surface area contributed by atoms with Crippen LogP contribution in [0.3, 0.4) is 0 Å². The standard InChI is InChI=1S/C13H16N2O4S/c1-8-5-10(3-4-11(8)14-9(2)16)15-12(17)6-20-7-13(18)19/h3-5H,6-7H2,1-2H3,(H,14,16)(H,15,17)(H,18,19). The summed E-state index contributed by atoms with van der Waals surface area (Å²) in [5, 5.41) is 13.8. The molecule has 0 aliphatic carbocycles. The highest BCUT2D eigenvalue weighted by atomic mass is 32.2. The van der Waals surface area contributed by atoms with E-state index in [1.807, 2.05) is 6.92 Å². The van der Waals surface area contributed by atoms with E-state index in [0.29, 0.717) is 11.4 Å². The highest BCUT2D eigenvalue weighted by molar-refractivity contribution is 8.00. The Kier molecular flexibility index (Phi) is 6.05.